The zero-order chi connectivity index (χ0) is 39.6. The van der Waals surface area contributed by atoms with Crippen LogP contribution in [0.2, 0.25) is 0 Å². The first-order valence-corrected chi connectivity index (χ1v) is 21.7. The van der Waals surface area contributed by atoms with Gasteiger partial charge in [0.15, 0.2) is 0 Å². The van der Waals surface area contributed by atoms with Gasteiger partial charge in [0.25, 0.3) is 0 Å². The van der Waals surface area contributed by atoms with Crippen LogP contribution in [0, 0.1) is 19.8 Å². The van der Waals surface area contributed by atoms with Crippen LogP contribution < -0.4 is 4.90 Å². The molecule has 0 amide bonds. The van der Waals surface area contributed by atoms with E-state index in [2.05, 4.69) is 189 Å². The van der Waals surface area contributed by atoms with Crippen LogP contribution in [0.1, 0.15) is 131 Å². The van der Waals surface area contributed by atoms with E-state index in [-0.39, 0.29) is 16.2 Å². The largest absolute Gasteiger partial charge is 0.310 e. The maximum Gasteiger partial charge on any atom is 0.0468 e. The van der Waals surface area contributed by atoms with Gasteiger partial charge in [-0.1, -0.05) is 134 Å². The van der Waals surface area contributed by atoms with Gasteiger partial charge in [-0.15, -0.1) is 0 Å². The van der Waals surface area contributed by atoms with E-state index in [0.29, 0.717) is 11.8 Å². The molecular formula is C55H63N. The molecule has 0 heterocycles. The van der Waals surface area contributed by atoms with E-state index in [1.165, 1.54) is 109 Å². The summed E-state index contributed by atoms with van der Waals surface area (Å²) in [6, 6.07) is 45.0. The van der Waals surface area contributed by atoms with Crippen LogP contribution in [0.25, 0.3) is 21.9 Å². The average Bonchev–Trinajstić information content (AvgIpc) is 3.77. The predicted molar refractivity (Wildman–Crippen MR) is 243 cm³/mol. The minimum absolute atomic E-state index is 0.157. The van der Waals surface area contributed by atoms with E-state index in [0.717, 1.165) is 12.8 Å². The van der Waals surface area contributed by atoms with Gasteiger partial charge in [0.05, 0.1) is 0 Å². The first-order valence-electron chi connectivity index (χ1n) is 21.7. The Bertz CT molecular complexity index is 2390. The van der Waals surface area contributed by atoms with Crippen LogP contribution in [0.3, 0.4) is 0 Å². The molecule has 1 fully saturated rings. The van der Waals surface area contributed by atoms with Crippen molar-refractivity contribution in [3.05, 3.63) is 160 Å². The molecule has 1 saturated carbocycles. The fourth-order valence-electron chi connectivity index (χ4n) is 10.4. The number of aryl methyl sites for hydroxylation is 4. The van der Waals surface area contributed by atoms with Crippen LogP contribution in [-0.4, -0.2) is 0 Å². The smallest absolute Gasteiger partial charge is 0.0468 e. The lowest BCUT2D eigenvalue weighted by atomic mass is 9.75. The van der Waals surface area contributed by atoms with Gasteiger partial charge in [0.1, 0.15) is 0 Å². The van der Waals surface area contributed by atoms with Gasteiger partial charge in [-0.05, 0) is 178 Å². The third kappa shape index (κ3) is 6.21. The van der Waals surface area contributed by atoms with Crippen molar-refractivity contribution in [3.63, 3.8) is 0 Å². The maximum atomic E-state index is 2.51. The highest BCUT2D eigenvalue weighted by Gasteiger charge is 2.59. The lowest BCUT2D eigenvalue weighted by Crippen LogP contribution is -2.21. The number of nitrogens with zero attached hydrogens (tertiary/aromatic N) is 1. The van der Waals surface area contributed by atoms with Gasteiger partial charge in [0, 0.05) is 22.5 Å². The molecule has 0 saturated heterocycles. The third-order valence-electron chi connectivity index (χ3n) is 15.6. The minimum atomic E-state index is 0.157. The van der Waals surface area contributed by atoms with Gasteiger partial charge in [-0.3, -0.25) is 0 Å². The Hall–Kier alpha value is -4.62. The summed E-state index contributed by atoms with van der Waals surface area (Å²) in [5, 5.41) is 2.73. The highest BCUT2D eigenvalue weighted by atomic mass is 15.1. The monoisotopic (exact) mass is 737 g/mol. The molecule has 6 aromatic rings. The predicted octanol–water partition coefficient (Wildman–Crippen LogP) is 15.5. The van der Waals surface area contributed by atoms with E-state index < -0.39 is 0 Å². The fraction of sp³-hybridized carbons (Fsp3) is 0.382. The second kappa shape index (κ2) is 14.4. The standard InChI is InChI=1S/C55H63N/c1-11-53(8,12-2)43-21-26-46(27-22-43)56(47-28-31-50-41(35-47)16-15-40-19-30-49(40)50)45-24-17-39(18-25-45)48-29-20-42(33-36(48)5)52-38(7)55(52,10)44-23-32-51(37(6)34-44)54(9,13-3)14-4/h15-18,20-29,31-35,38,52H,11-14,19,30H2,1-10H3. The number of benzene rings is 6. The van der Waals surface area contributed by atoms with E-state index in [1.54, 1.807) is 0 Å². The summed E-state index contributed by atoms with van der Waals surface area (Å²) in [5.41, 5.74) is 18.5. The molecule has 0 radical (unpaired) electrons. The number of fused-ring (bicyclic) bond motifs is 3. The van der Waals surface area contributed by atoms with Crippen LogP contribution in [-0.2, 0) is 29.1 Å². The van der Waals surface area contributed by atoms with Gasteiger partial charge in [-0.25, -0.2) is 0 Å². The Balaban J connectivity index is 1.09. The van der Waals surface area contributed by atoms with Crippen molar-refractivity contribution in [1.29, 1.82) is 0 Å². The molecule has 2 aliphatic carbocycles. The minimum Gasteiger partial charge on any atom is -0.310 e. The fourth-order valence-corrected chi connectivity index (χ4v) is 10.4. The average molecular weight is 738 g/mol. The number of hydrogen-bond acceptors (Lipinski definition) is 1. The van der Waals surface area contributed by atoms with Crippen molar-refractivity contribution >= 4 is 27.8 Å². The van der Waals surface area contributed by atoms with Crippen molar-refractivity contribution in [2.45, 2.75) is 130 Å². The molecule has 0 N–H and O–H groups in total. The van der Waals surface area contributed by atoms with Crippen molar-refractivity contribution in [1.82, 2.24) is 0 Å². The normalized spacial score (nSPS) is 19.1. The second-order valence-corrected chi connectivity index (χ2v) is 18.2. The van der Waals surface area contributed by atoms with Gasteiger partial charge in [0.2, 0.25) is 0 Å². The molecule has 56 heavy (non-hydrogen) atoms. The summed E-state index contributed by atoms with van der Waals surface area (Å²) in [6.45, 7) is 23.7. The van der Waals surface area contributed by atoms with Gasteiger partial charge >= 0.3 is 0 Å². The van der Waals surface area contributed by atoms with Crippen LogP contribution >= 0.6 is 0 Å². The zero-order valence-electron chi connectivity index (χ0n) is 35.8. The van der Waals surface area contributed by atoms with Crippen molar-refractivity contribution in [2.75, 3.05) is 4.90 Å². The highest BCUT2D eigenvalue weighted by Crippen LogP contribution is 2.65. The number of rotatable bonds is 12. The quantitative estimate of drug-likeness (QED) is 0.121. The van der Waals surface area contributed by atoms with Crippen molar-refractivity contribution < 1.29 is 0 Å². The molecule has 3 atom stereocenters. The SMILES string of the molecule is CCC(C)(CC)c1ccc(N(c2ccc(-c3ccc(C4C(C)C4(C)c4ccc(C(C)(CC)CC)c(C)c4)cc3C)cc2)c2ccc3c4c(ccc3c2)CC4)cc1. The Morgan fingerprint density at radius 3 is 1.86 bits per heavy atom. The Morgan fingerprint density at radius 2 is 1.27 bits per heavy atom. The molecule has 8 rings (SSSR count). The summed E-state index contributed by atoms with van der Waals surface area (Å²) in [6.07, 6.45) is 7.01. The van der Waals surface area contributed by atoms with Crippen LogP contribution in [0.4, 0.5) is 17.1 Å². The van der Waals surface area contributed by atoms with Crippen molar-refractivity contribution in [2.24, 2.45) is 5.92 Å². The molecule has 6 aromatic carbocycles. The number of anilines is 3. The molecule has 0 aliphatic heterocycles. The Labute approximate surface area is 338 Å². The summed E-state index contributed by atoms with van der Waals surface area (Å²) >= 11 is 0. The second-order valence-electron chi connectivity index (χ2n) is 18.2. The molecule has 1 nitrogen and oxygen atoms in total. The first-order chi connectivity index (χ1) is 26.9. The molecule has 3 unspecified atom stereocenters. The molecule has 288 valence electrons. The zero-order valence-corrected chi connectivity index (χ0v) is 35.8. The van der Waals surface area contributed by atoms with E-state index in [9.17, 15) is 0 Å². The third-order valence-corrected chi connectivity index (χ3v) is 15.6. The Kier molecular flexibility index (Phi) is 9.84. The highest BCUT2D eigenvalue weighted by molar-refractivity contribution is 5.93. The summed E-state index contributed by atoms with van der Waals surface area (Å²) in [7, 11) is 0. The van der Waals surface area contributed by atoms with Gasteiger partial charge < -0.3 is 4.90 Å². The van der Waals surface area contributed by atoms with E-state index in [1.807, 2.05) is 0 Å². The molecule has 1 heteroatoms. The molecule has 2 aliphatic rings. The molecular weight excluding hydrogens is 675 g/mol. The molecule has 0 bridgehead atoms. The lowest BCUT2D eigenvalue weighted by molar-refractivity contribution is 0.436. The summed E-state index contributed by atoms with van der Waals surface area (Å²) in [4.78, 5) is 2.44. The summed E-state index contributed by atoms with van der Waals surface area (Å²) < 4.78 is 0. The topological polar surface area (TPSA) is 3.24 Å². The van der Waals surface area contributed by atoms with Crippen molar-refractivity contribution in [3.8, 4) is 11.1 Å². The van der Waals surface area contributed by atoms with Gasteiger partial charge in [-0.2, -0.15) is 0 Å². The van der Waals surface area contributed by atoms with E-state index in [4.69, 9.17) is 0 Å². The summed E-state index contributed by atoms with van der Waals surface area (Å²) in [5.74, 6) is 1.13. The first kappa shape index (κ1) is 38.3. The Morgan fingerprint density at radius 1 is 0.625 bits per heavy atom. The molecule has 0 aromatic heterocycles. The van der Waals surface area contributed by atoms with E-state index >= 15 is 0 Å². The molecule has 0 spiro atoms. The van der Waals surface area contributed by atoms with Crippen LogP contribution in [0.15, 0.2) is 115 Å². The lowest BCUT2D eigenvalue weighted by Gasteiger charge is -2.30. The maximum absolute atomic E-state index is 2.51. The van der Waals surface area contributed by atoms with Crippen LogP contribution in [0.5, 0.6) is 0 Å². The number of hydrogen-bond donors (Lipinski definition) is 0.